The van der Waals surface area contributed by atoms with Gasteiger partial charge in [-0.3, -0.25) is 0 Å². The van der Waals surface area contributed by atoms with E-state index in [1.54, 1.807) is 0 Å². The van der Waals surface area contributed by atoms with E-state index in [1.807, 2.05) is 40.7 Å². The van der Waals surface area contributed by atoms with Gasteiger partial charge in [0.2, 0.25) is 0 Å². The Morgan fingerprint density at radius 3 is 1.62 bits per heavy atom. The van der Waals surface area contributed by atoms with Gasteiger partial charge < -0.3 is 9.73 Å². The lowest BCUT2D eigenvalue weighted by Gasteiger charge is -1.80. The fraction of sp³-hybridized carbons (Fsp3) is 0.500. The SMILES string of the molecule is CC#CC.CC#[N+][O-].Cc1noc(C)c1C. The molecule has 0 radical (unpaired) electrons. The van der Waals surface area contributed by atoms with Crippen molar-refractivity contribution in [3.63, 3.8) is 0 Å². The zero-order valence-corrected chi connectivity index (χ0v) is 10.7. The van der Waals surface area contributed by atoms with E-state index in [4.69, 9.17) is 9.73 Å². The Kier molecular flexibility index (Phi) is 11.5. The predicted octanol–water partition coefficient (Wildman–Crippen LogP) is 3.47. The van der Waals surface area contributed by atoms with Gasteiger partial charge >= 0.3 is 0 Å². The molecule has 0 spiro atoms. The van der Waals surface area contributed by atoms with Crippen molar-refractivity contribution in [2.45, 2.75) is 41.5 Å². The minimum absolute atomic E-state index is 0.919. The van der Waals surface area contributed by atoms with Crippen molar-refractivity contribution < 1.29 is 4.52 Å². The van der Waals surface area contributed by atoms with Crippen LogP contribution < -0.4 is 0 Å². The van der Waals surface area contributed by atoms with Gasteiger partial charge in [0.1, 0.15) is 5.76 Å². The van der Waals surface area contributed by atoms with Crippen LogP contribution in [0, 0.1) is 43.9 Å². The van der Waals surface area contributed by atoms with E-state index in [0.29, 0.717) is 0 Å². The molecular formula is C12H18N2O2. The maximum Gasteiger partial charge on any atom is 0.294 e. The first kappa shape index (κ1) is 16.5. The molecule has 0 aliphatic carbocycles. The first-order chi connectivity index (χ1) is 7.54. The van der Waals surface area contributed by atoms with Crippen LogP contribution in [0.3, 0.4) is 0 Å². The molecule has 4 nitrogen and oxygen atoms in total. The third-order valence-electron chi connectivity index (χ3n) is 1.73. The summed E-state index contributed by atoms with van der Waals surface area (Å²) in [7, 11) is 0. The van der Waals surface area contributed by atoms with Crippen molar-refractivity contribution in [1.82, 2.24) is 5.16 Å². The molecular weight excluding hydrogens is 204 g/mol. The third kappa shape index (κ3) is 8.65. The van der Waals surface area contributed by atoms with Crippen LogP contribution in [0.1, 0.15) is 37.8 Å². The van der Waals surface area contributed by atoms with Gasteiger partial charge in [-0.15, -0.1) is 11.8 Å². The molecule has 16 heavy (non-hydrogen) atoms. The third-order valence-corrected chi connectivity index (χ3v) is 1.73. The number of aryl methyl sites for hydroxylation is 2. The number of aromatic nitrogens is 1. The van der Waals surface area contributed by atoms with Gasteiger partial charge in [-0.05, 0) is 34.6 Å². The van der Waals surface area contributed by atoms with Crippen LogP contribution in [0.4, 0.5) is 0 Å². The number of nitrogens with zero attached hydrogens (tertiary/aromatic N) is 2. The first-order valence-corrected chi connectivity index (χ1v) is 4.77. The summed E-state index contributed by atoms with van der Waals surface area (Å²) < 4.78 is 4.84. The Morgan fingerprint density at radius 2 is 1.56 bits per heavy atom. The molecule has 0 saturated carbocycles. The van der Waals surface area contributed by atoms with Gasteiger partial charge in [0.05, 0.1) is 12.6 Å². The summed E-state index contributed by atoms with van der Waals surface area (Å²) in [4.78, 5) is 0. The molecule has 0 N–H and O–H groups in total. The highest BCUT2D eigenvalue weighted by Gasteiger charge is 1.99. The topological polar surface area (TPSA) is 53.5 Å². The van der Waals surface area contributed by atoms with E-state index in [-0.39, 0.29) is 0 Å². The van der Waals surface area contributed by atoms with Crippen LogP contribution in [-0.2, 0) is 0 Å². The van der Waals surface area contributed by atoms with Gasteiger partial charge in [0.25, 0.3) is 6.07 Å². The molecule has 1 aromatic heterocycles. The average molecular weight is 222 g/mol. The summed E-state index contributed by atoms with van der Waals surface area (Å²) in [6.45, 7) is 10.9. The monoisotopic (exact) mass is 222 g/mol. The summed E-state index contributed by atoms with van der Waals surface area (Å²) in [6.07, 6.45) is 0. The standard InChI is InChI=1S/C6H9NO.C4H6.C2H3NO/c1-4-5(2)7-8-6(4)3;1-3-4-2;1-2-3-4/h1-3H3;1-2H3;1H3. The summed E-state index contributed by atoms with van der Waals surface area (Å²) in [6, 6.07) is 2.00. The Morgan fingerprint density at radius 1 is 1.12 bits per heavy atom. The van der Waals surface area contributed by atoms with Crippen LogP contribution in [0.2, 0.25) is 0 Å². The summed E-state index contributed by atoms with van der Waals surface area (Å²) in [5, 5.41) is 14.8. The van der Waals surface area contributed by atoms with Crippen molar-refractivity contribution in [3.05, 3.63) is 27.2 Å². The summed E-state index contributed by atoms with van der Waals surface area (Å²) in [5.74, 6) is 6.28. The van der Waals surface area contributed by atoms with E-state index in [9.17, 15) is 0 Å². The number of rotatable bonds is 0. The maximum atomic E-state index is 8.81. The summed E-state index contributed by atoms with van der Waals surface area (Å²) >= 11 is 0. The lowest BCUT2D eigenvalue weighted by atomic mass is 10.2. The van der Waals surface area contributed by atoms with E-state index in [2.05, 4.69) is 22.0 Å². The quantitative estimate of drug-likeness (QED) is 0.499. The van der Waals surface area contributed by atoms with Crippen molar-refractivity contribution in [3.8, 4) is 17.9 Å². The molecule has 0 aromatic carbocycles. The largest absolute Gasteiger partial charge is 0.498 e. The Balaban J connectivity index is 0. The smallest absolute Gasteiger partial charge is 0.294 e. The Labute approximate surface area is 97.0 Å². The van der Waals surface area contributed by atoms with Crippen LogP contribution in [0.15, 0.2) is 4.52 Å². The van der Waals surface area contributed by atoms with Crippen molar-refractivity contribution in [2.24, 2.45) is 0 Å². The van der Waals surface area contributed by atoms with E-state index in [0.717, 1.165) is 17.0 Å². The zero-order chi connectivity index (χ0) is 13.0. The highest BCUT2D eigenvalue weighted by molar-refractivity contribution is 5.17. The fourth-order valence-electron chi connectivity index (χ4n) is 0.529. The van der Waals surface area contributed by atoms with Crippen LogP contribution in [0.25, 0.3) is 5.01 Å². The molecule has 4 heteroatoms. The maximum absolute atomic E-state index is 8.81. The van der Waals surface area contributed by atoms with Gasteiger partial charge in [-0.1, -0.05) is 5.16 Å². The average Bonchev–Trinajstić information content (AvgIpc) is 2.61. The lowest BCUT2D eigenvalue weighted by molar-refractivity contribution is 0.392. The molecule has 0 aliphatic heterocycles. The number of hydrogen-bond acceptors (Lipinski definition) is 3. The molecule has 1 aromatic rings. The minimum Gasteiger partial charge on any atom is -0.498 e. The second-order valence-electron chi connectivity index (χ2n) is 2.76. The Hall–Kier alpha value is -1.94. The van der Waals surface area contributed by atoms with Gasteiger partial charge in [-0.25, -0.2) is 0 Å². The number of hydrogen-bond donors (Lipinski definition) is 0. The predicted molar refractivity (Wildman–Crippen MR) is 66.1 cm³/mol. The fourth-order valence-corrected chi connectivity index (χ4v) is 0.529. The van der Waals surface area contributed by atoms with Gasteiger partial charge in [0.15, 0.2) is 0 Å². The van der Waals surface area contributed by atoms with E-state index >= 15 is 0 Å². The molecule has 0 aliphatic rings. The second kappa shape index (κ2) is 11.1. The van der Waals surface area contributed by atoms with Gasteiger partial charge in [-0.2, -0.15) is 0 Å². The van der Waals surface area contributed by atoms with E-state index < -0.39 is 0 Å². The van der Waals surface area contributed by atoms with Crippen molar-refractivity contribution >= 4 is 0 Å². The highest BCUT2D eigenvalue weighted by atomic mass is 16.5. The van der Waals surface area contributed by atoms with Crippen molar-refractivity contribution in [2.75, 3.05) is 0 Å². The molecule has 0 fully saturated rings. The first-order valence-electron chi connectivity index (χ1n) is 4.77. The molecule has 1 heterocycles. The van der Waals surface area contributed by atoms with Gasteiger partial charge in [0, 0.05) is 10.6 Å². The normalized spacial score (nSPS) is 6.62. The lowest BCUT2D eigenvalue weighted by Crippen LogP contribution is -1.73. The molecule has 1 rings (SSSR count). The highest BCUT2D eigenvalue weighted by Crippen LogP contribution is 2.08. The molecule has 0 atom stereocenters. The minimum atomic E-state index is 0.919. The van der Waals surface area contributed by atoms with Crippen LogP contribution >= 0.6 is 0 Å². The molecule has 0 amide bonds. The molecule has 0 saturated heterocycles. The molecule has 88 valence electrons. The Bertz CT molecular complexity index is 351. The summed E-state index contributed by atoms with van der Waals surface area (Å²) in [5.41, 5.74) is 2.15. The van der Waals surface area contributed by atoms with Crippen LogP contribution in [-0.4, -0.2) is 5.16 Å². The van der Waals surface area contributed by atoms with E-state index in [1.165, 1.54) is 6.92 Å². The molecule has 0 unspecified atom stereocenters. The zero-order valence-electron chi connectivity index (χ0n) is 10.7. The second-order valence-corrected chi connectivity index (χ2v) is 2.76. The van der Waals surface area contributed by atoms with Crippen molar-refractivity contribution in [1.29, 1.82) is 0 Å². The van der Waals surface area contributed by atoms with Crippen LogP contribution in [0.5, 0.6) is 0 Å². The molecule has 0 bridgehead atoms.